The molecule has 12 aliphatic rings. The molecule has 0 aromatic carbocycles. The lowest BCUT2D eigenvalue weighted by molar-refractivity contribution is -0.145. The van der Waals surface area contributed by atoms with Crippen LogP contribution in [0.1, 0.15) is 128 Å². The third kappa shape index (κ3) is 18.2. The van der Waals surface area contributed by atoms with Crippen LogP contribution in [-0.2, 0) is 38.4 Å². The number of aliphatic carboxylic acids is 8. The maximum Gasteiger partial charge on any atom is 0.308 e. The van der Waals surface area contributed by atoms with Crippen molar-refractivity contribution in [1.29, 1.82) is 0 Å². The predicted molar refractivity (Wildman–Crippen MR) is 310 cm³/mol. The number of fused-ring (bicyclic) bond motifs is 8. The molecule has 24 heteroatoms. The molecular formula is C60H96N8O16. The lowest BCUT2D eigenvalue weighted by Crippen LogP contribution is -2.40. The topological polar surface area (TPSA) is 507 Å². The molecule has 16 unspecified atom stereocenters. The van der Waals surface area contributed by atoms with Gasteiger partial charge in [-0.3, -0.25) is 38.4 Å². The second kappa shape index (κ2) is 32.2. The van der Waals surface area contributed by atoms with Crippen molar-refractivity contribution in [1.82, 2.24) is 0 Å². The Morgan fingerprint density at radius 2 is 0.560 bits per heavy atom. The molecule has 8 bridgehead atoms. The molecule has 0 spiro atoms. The van der Waals surface area contributed by atoms with Crippen LogP contribution >= 0.6 is 0 Å². The highest BCUT2D eigenvalue weighted by atomic mass is 16.4. The molecule has 0 aromatic heterocycles. The minimum absolute atomic E-state index is 0.0637. The summed E-state index contributed by atoms with van der Waals surface area (Å²) < 4.78 is 0. The van der Waals surface area contributed by atoms with E-state index in [1.54, 1.807) is 0 Å². The molecule has 472 valence electrons. The van der Waals surface area contributed by atoms with Gasteiger partial charge in [0, 0.05) is 48.3 Å². The standard InChI is InChI=1S/2C8H13NO2.2C8H11NO2.2C7H13NO2.2C7H11NO2/c4*9-7-5-2-1-4(3-5)6(7)8(10)11;4*8-6-4-2-1-3-5(6)7(9)10/h2*4-7H,1-3,9H2,(H,10,11);2*1-2,4-7H,3,9H2,(H,10,11);2*5-6H,1-4,8H2,(H,9,10);2*1-2,5-6H,3-4,8H2,(H,9,10)/t;;;;5-,6+;5-,6-;5-,6+;5-,6-/m....1111/s1. The van der Waals surface area contributed by atoms with Gasteiger partial charge in [0.25, 0.3) is 0 Å². The van der Waals surface area contributed by atoms with E-state index in [-0.39, 0.29) is 108 Å². The quantitative estimate of drug-likeness (QED) is 0.155. The van der Waals surface area contributed by atoms with Gasteiger partial charge in [0.2, 0.25) is 0 Å². The second-order valence-electron chi connectivity index (χ2n) is 25.2. The van der Waals surface area contributed by atoms with Gasteiger partial charge < -0.3 is 86.7 Å². The van der Waals surface area contributed by atoms with Crippen LogP contribution in [0.25, 0.3) is 0 Å². The number of carboxylic acid groups (broad SMARTS) is 8. The second-order valence-corrected chi connectivity index (χ2v) is 25.2. The molecule has 0 saturated heterocycles. The van der Waals surface area contributed by atoms with Crippen molar-refractivity contribution in [2.45, 2.75) is 177 Å². The number of hydrogen-bond acceptors (Lipinski definition) is 16. The fourth-order valence-electron chi connectivity index (χ4n) is 15.0. The highest BCUT2D eigenvalue weighted by molar-refractivity contribution is 5.75. The Kier molecular flexibility index (Phi) is 26.5. The minimum Gasteiger partial charge on any atom is -0.481 e. The molecule has 0 radical (unpaired) electrons. The van der Waals surface area contributed by atoms with Gasteiger partial charge in [-0.15, -0.1) is 0 Å². The summed E-state index contributed by atoms with van der Waals surface area (Å²) in [5.74, 6) is -5.52. The number of carboxylic acids is 8. The van der Waals surface area contributed by atoms with E-state index in [1.165, 1.54) is 0 Å². The third-order valence-electron chi connectivity index (χ3n) is 20.0. The van der Waals surface area contributed by atoms with E-state index >= 15 is 0 Å². The van der Waals surface area contributed by atoms with E-state index in [0.717, 1.165) is 103 Å². The molecule has 8 saturated carbocycles. The van der Waals surface area contributed by atoms with Crippen molar-refractivity contribution in [3.63, 3.8) is 0 Å². The molecule has 0 aliphatic heterocycles. The molecule has 24 N–H and O–H groups in total. The Morgan fingerprint density at radius 3 is 0.750 bits per heavy atom. The van der Waals surface area contributed by atoms with Crippen molar-refractivity contribution < 1.29 is 79.2 Å². The first-order valence-electron chi connectivity index (χ1n) is 30.2. The van der Waals surface area contributed by atoms with Crippen molar-refractivity contribution in [2.24, 2.45) is 141 Å². The molecule has 0 amide bonds. The molecule has 0 heterocycles. The van der Waals surface area contributed by atoms with Crippen LogP contribution in [0.5, 0.6) is 0 Å². The van der Waals surface area contributed by atoms with E-state index in [1.807, 2.05) is 36.5 Å². The van der Waals surface area contributed by atoms with Crippen molar-refractivity contribution in [2.75, 3.05) is 0 Å². The average Bonchev–Trinajstić information content (AvgIpc) is 4.07. The molecule has 12 aliphatic carbocycles. The maximum absolute atomic E-state index is 10.7. The first-order chi connectivity index (χ1) is 39.7. The fourth-order valence-corrected chi connectivity index (χ4v) is 15.0. The van der Waals surface area contributed by atoms with Gasteiger partial charge >= 0.3 is 47.8 Å². The number of nitrogens with two attached hydrogens (primary N) is 8. The van der Waals surface area contributed by atoms with E-state index < -0.39 is 47.8 Å². The third-order valence-corrected chi connectivity index (χ3v) is 20.0. The Bertz CT molecular complexity index is 2230. The van der Waals surface area contributed by atoms with Crippen LogP contribution in [-0.4, -0.2) is 137 Å². The SMILES string of the molecule is NC1C2C=CC(C2)C1C(=O)O.NC1C2C=CC(C2)C1C(=O)O.NC1C2CCC(C2)C1C(=O)O.NC1C2CCC(C2)C1C(=O)O.N[C@@H]1CC=CC[C@H]1C(=O)O.N[C@@H]1CCCC[C@H]1C(=O)O.N[C@H]1CC=CC[C@H]1C(=O)O.N[C@H]1CCCC[C@H]1C(=O)O. The van der Waals surface area contributed by atoms with Gasteiger partial charge in [-0.2, -0.15) is 0 Å². The summed E-state index contributed by atoms with van der Waals surface area (Å²) in [6.45, 7) is 0. The first kappa shape index (κ1) is 69.2. The van der Waals surface area contributed by atoms with Crippen LogP contribution in [0.15, 0.2) is 48.6 Å². The van der Waals surface area contributed by atoms with Crippen LogP contribution < -0.4 is 45.9 Å². The van der Waals surface area contributed by atoms with E-state index in [0.29, 0.717) is 61.2 Å². The molecule has 84 heavy (non-hydrogen) atoms. The van der Waals surface area contributed by atoms with Gasteiger partial charge in [0.15, 0.2) is 0 Å². The summed E-state index contributed by atoms with van der Waals surface area (Å²) >= 11 is 0. The summed E-state index contributed by atoms with van der Waals surface area (Å²) in [7, 11) is 0. The Hall–Kier alpha value is -5.60. The van der Waals surface area contributed by atoms with E-state index in [9.17, 15) is 38.4 Å². The van der Waals surface area contributed by atoms with E-state index in [2.05, 4.69) is 12.2 Å². The first-order valence-corrected chi connectivity index (χ1v) is 30.2. The molecule has 0 aromatic rings. The number of rotatable bonds is 8. The molecule has 24 atom stereocenters. The summed E-state index contributed by atoms with van der Waals surface area (Å²) in [5, 5.41) is 69.7. The zero-order valence-electron chi connectivity index (χ0n) is 48.1. The molecular weight excluding hydrogens is 1090 g/mol. The normalized spacial score (nSPS) is 40.5. The number of allylic oxidation sites excluding steroid dienone is 4. The van der Waals surface area contributed by atoms with Crippen LogP contribution in [0.3, 0.4) is 0 Å². The smallest absolute Gasteiger partial charge is 0.308 e. The van der Waals surface area contributed by atoms with Gasteiger partial charge in [0.05, 0.1) is 47.3 Å². The average molecular weight is 1190 g/mol. The van der Waals surface area contributed by atoms with Crippen molar-refractivity contribution in [3.8, 4) is 0 Å². The highest BCUT2D eigenvalue weighted by Gasteiger charge is 2.51. The van der Waals surface area contributed by atoms with Crippen molar-refractivity contribution in [3.05, 3.63) is 48.6 Å². The number of carbonyl (C=O) groups is 8. The molecule has 24 nitrogen and oxygen atoms in total. The number of hydrogen-bond donors (Lipinski definition) is 16. The zero-order chi connectivity index (χ0) is 62.3. The summed E-state index contributed by atoms with van der Waals surface area (Å²) in [6.07, 6.45) is 34.2. The minimum atomic E-state index is -0.781. The summed E-state index contributed by atoms with van der Waals surface area (Å²) in [5.41, 5.74) is 45.3. The largest absolute Gasteiger partial charge is 0.481 e. The Morgan fingerprint density at radius 1 is 0.274 bits per heavy atom. The summed E-state index contributed by atoms with van der Waals surface area (Å²) in [4.78, 5) is 84.7. The van der Waals surface area contributed by atoms with E-state index in [4.69, 9.17) is 86.7 Å². The Balaban J connectivity index is 0.000000176. The maximum atomic E-state index is 10.7. The fraction of sp³-hybridized carbons (Fsp3) is 0.733. The summed E-state index contributed by atoms with van der Waals surface area (Å²) in [6, 6.07) is -1.02. The van der Waals surface area contributed by atoms with Gasteiger partial charge in [-0.1, -0.05) is 74.3 Å². The van der Waals surface area contributed by atoms with Crippen molar-refractivity contribution >= 4 is 47.8 Å². The van der Waals surface area contributed by atoms with Gasteiger partial charge in [0.1, 0.15) is 0 Å². The van der Waals surface area contributed by atoms with Gasteiger partial charge in [-0.05, 0) is 150 Å². The molecule has 12 rings (SSSR count). The lowest BCUT2D eigenvalue weighted by atomic mass is 9.85. The predicted octanol–water partition coefficient (Wildman–Crippen LogP) is 3.24. The van der Waals surface area contributed by atoms with Crippen LogP contribution in [0, 0.1) is 94.7 Å². The van der Waals surface area contributed by atoms with Crippen LogP contribution in [0.4, 0.5) is 0 Å². The lowest BCUT2D eigenvalue weighted by Gasteiger charge is -2.24. The van der Waals surface area contributed by atoms with Gasteiger partial charge in [-0.25, -0.2) is 0 Å². The van der Waals surface area contributed by atoms with Crippen LogP contribution in [0.2, 0.25) is 0 Å². The highest BCUT2D eigenvalue weighted by Crippen LogP contribution is 2.49. The molecule has 8 fully saturated rings. The Labute approximate surface area is 491 Å². The monoisotopic (exact) mass is 1180 g/mol. The zero-order valence-corrected chi connectivity index (χ0v) is 48.1.